The van der Waals surface area contributed by atoms with Crippen LogP contribution in [0.25, 0.3) is 0 Å². The predicted molar refractivity (Wildman–Crippen MR) is 92.6 cm³/mol. The molecule has 0 N–H and O–H groups in total. The molecule has 0 atom stereocenters. The van der Waals surface area contributed by atoms with Gasteiger partial charge in [-0.15, -0.1) is 0 Å². The Labute approximate surface area is 136 Å². The van der Waals surface area contributed by atoms with E-state index < -0.39 is 8.07 Å². The summed E-state index contributed by atoms with van der Waals surface area (Å²) in [5.41, 5.74) is 0. The van der Waals surface area contributed by atoms with Crippen molar-refractivity contribution >= 4 is 18.4 Å². The van der Waals surface area contributed by atoms with E-state index in [1.807, 2.05) is 41.2 Å². The molecule has 0 fully saturated rings. The molecule has 0 aliphatic carbocycles. The molecule has 3 rings (SSSR count). The van der Waals surface area contributed by atoms with Crippen molar-refractivity contribution in [1.82, 2.24) is 9.78 Å². The summed E-state index contributed by atoms with van der Waals surface area (Å²) in [4.78, 5) is 0. The third-order valence-electron chi connectivity index (χ3n) is 4.00. The van der Waals surface area contributed by atoms with Crippen LogP contribution < -0.4 is 10.4 Å². The molecule has 3 aromatic rings. The van der Waals surface area contributed by atoms with Gasteiger partial charge in [-0.3, -0.25) is 4.68 Å². The number of hydrogen-bond donors (Lipinski definition) is 0. The maximum atomic E-state index is 13.3. The van der Waals surface area contributed by atoms with E-state index >= 15 is 0 Å². The highest BCUT2D eigenvalue weighted by atomic mass is 28.3. The molecule has 0 spiro atoms. The standard InChI is InChI=1S/C17H16F2N2Si.CH4/c1-22(13-21-12-2-11-20-21,16-7-3-14(18)4-8-16)17-9-5-15(19)6-10-17;/h2-12H,13H2,1H3;1H4. The minimum atomic E-state index is -2.18. The average molecular weight is 330 g/mol. The number of rotatable bonds is 4. The third kappa shape index (κ3) is 3.56. The van der Waals surface area contributed by atoms with Gasteiger partial charge in [0.05, 0.1) is 0 Å². The van der Waals surface area contributed by atoms with E-state index in [1.165, 1.54) is 24.3 Å². The van der Waals surface area contributed by atoms with E-state index in [4.69, 9.17) is 0 Å². The van der Waals surface area contributed by atoms with Crippen LogP contribution in [-0.4, -0.2) is 17.9 Å². The number of nitrogens with zero attached hydrogens (tertiary/aromatic N) is 2. The Morgan fingerprint density at radius 3 is 1.78 bits per heavy atom. The summed E-state index contributed by atoms with van der Waals surface area (Å²) in [5, 5.41) is 6.48. The molecule has 0 saturated heterocycles. The van der Waals surface area contributed by atoms with Crippen LogP contribution in [0.3, 0.4) is 0 Å². The average Bonchev–Trinajstić information content (AvgIpc) is 3.01. The Hall–Kier alpha value is -2.27. The van der Waals surface area contributed by atoms with Crippen molar-refractivity contribution in [3.63, 3.8) is 0 Å². The number of halogens is 2. The van der Waals surface area contributed by atoms with Crippen LogP contribution in [0, 0.1) is 11.6 Å². The van der Waals surface area contributed by atoms with Crippen molar-refractivity contribution in [2.24, 2.45) is 0 Å². The fraction of sp³-hybridized carbons (Fsp3) is 0.167. The van der Waals surface area contributed by atoms with Gasteiger partial charge in [-0.1, -0.05) is 48.6 Å². The fourth-order valence-electron chi connectivity index (χ4n) is 2.70. The topological polar surface area (TPSA) is 17.8 Å². The highest BCUT2D eigenvalue weighted by Gasteiger charge is 2.32. The van der Waals surface area contributed by atoms with E-state index in [0.29, 0.717) is 0 Å². The molecule has 1 heterocycles. The molecule has 0 amide bonds. The quantitative estimate of drug-likeness (QED) is 0.672. The number of benzene rings is 2. The molecule has 0 unspecified atom stereocenters. The summed E-state index contributed by atoms with van der Waals surface area (Å²) in [6, 6.07) is 15.1. The second-order valence-corrected chi connectivity index (χ2v) is 9.68. The second kappa shape index (κ2) is 6.87. The normalized spacial score (nSPS) is 11.1. The van der Waals surface area contributed by atoms with E-state index in [-0.39, 0.29) is 19.1 Å². The third-order valence-corrected chi connectivity index (χ3v) is 8.17. The van der Waals surface area contributed by atoms with Gasteiger partial charge in [0.25, 0.3) is 0 Å². The van der Waals surface area contributed by atoms with Crippen LogP contribution in [0.15, 0.2) is 67.0 Å². The second-order valence-electron chi connectivity index (χ2n) is 5.55. The van der Waals surface area contributed by atoms with Crippen molar-refractivity contribution in [3.8, 4) is 0 Å². The van der Waals surface area contributed by atoms with Gasteiger partial charge in [-0.25, -0.2) is 8.78 Å². The lowest BCUT2D eigenvalue weighted by Gasteiger charge is -2.28. The van der Waals surface area contributed by atoms with Crippen LogP contribution >= 0.6 is 0 Å². The zero-order valence-electron chi connectivity index (χ0n) is 12.2. The zero-order valence-corrected chi connectivity index (χ0v) is 13.2. The van der Waals surface area contributed by atoms with Gasteiger partial charge in [-0.05, 0) is 30.3 Å². The summed E-state index contributed by atoms with van der Waals surface area (Å²) in [6.07, 6.45) is 4.37. The van der Waals surface area contributed by atoms with Crippen molar-refractivity contribution in [3.05, 3.63) is 78.6 Å². The molecule has 1 aromatic heterocycles. The Balaban J connectivity index is 0.00000192. The first-order chi connectivity index (χ1) is 10.6. The molecule has 0 aliphatic heterocycles. The molecular weight excluding hydrogens is 310 g/mol. The minimum absolute atomic E-state index is 0. The van der Waals surface area contributed by atoms with E-state index in [0.717, 1.165) is 16.5 Å². The van der Waals surface area contributed by atoms with Gasteiger partial charge in [0.1, 0.15) is 19.7 Å². The molecule has 0 aliphatic rings. The minimum Gasteiger partial charge on any atom is -0.275 e. The Bertz CT molecular complexity index is 692. The maximum absolute atomic E-state index is 13.3. The molecular formula is C18H20F2N2Si. The number of hydrogen-bond acceptors (Lipinski definition) is 1. The SMILES string of the molecule is C.C[Si](Cn1cccn1)(c1ccc(F)cc1)c1ccc(F)cc1. The Morgan fingerprint density at radius 1 is 0.913 bits per heavy atom. The van der Waals surface area contributed by atoms with Gasteiger partial charge in [0.2, 0.25) is 0 Å². The molecule has 120 valence electrons. The Morgan fingerprint density at radius 2 is 1.39 bits per heavy atom. The van der Waals surface area contributed by atoms with E-state index in [2.05, 4.69) is 11.6 Å². The van der Waals surface area contributed by atoms with Crippen molar-refractivity contribution < 1.29 is 8.78 Å². The van der Waals surface area contributed by atoms with Gasteiger partial charge < -0.3 is 0 Å². The first-order valence-corrected chi connectivity index (χ1v) is 9.78. The van der Waals surface area contributed by atoms with Crippen LogP contribution in [0.5, 0.6) is 0 Å². The van der Waals surface area contributed by atoms with Crippen LogP contribution in [0.4, 0.5) is 8.78 Å². The lowest BCUT2D eigenvalue weighted by molar-refractivity contribution is 0.628. The van der Waals surface area contributed by atoms with Crippen molar-refractivity contribution in [1.29, 1.82) is 0 Å². The van der Waals surface area contributed by atoms with Crippen molar-refractivity contribution in [2.75, 3.05) is 0 Å². The van der Waals surface area contributed by atoms with Crippen molar-refractivity contribution in [2.45, 2.75) is 20.1 Å². The predicted octanol–water partition coefficient (Wildman–Crippen LogP) is 3.23. The molecule has 0 saturated carbocycles. The largest absolute Gasteiger partial charge is 0.275 e. The molecule has 2 aromatic carbocycles. The molecule has 2 nitrogen and oxygen atoms in total. The van der Waals surface area contributed by atoms with Crippen LogP contribution in [0.1, 0.15) is 7.43 Å². The maximum Gasteiger partial charge on any atom is 0.137 e. The highest BCUT2D eigenvalue weighted by Crippen LogP contribution is 2.10. The van der Waals surface area contributed by atoms with Gasteiger partial charge in [0.15, 0.2) is 0 Å². The molecule has 5 heteroatoms. The number of aromatic nitrogens is 2. The molecule has 0 bridgehead atoms. The molecule has 0 radical (unpaired) electrons. The van der Waals surface area contributed by atoms with Crippen LogP contribution in [-0.2, 0) is 6.17 Å². The van der Waals surface area contributed by atoms with Gasteiger partial charge >= 0.3 is 0 Å². The fourth-order valence-corrected chi connectivity index (χ4v) is 6.04. The summed E-state index contributed by atoms with van der Waals surface area (Å²) in [7, 11) is -2.18. The summed E-state index contributed by atoms with van der Waals surface area (Å²) >= 11 is 0. The molecule has 23 heavy (non-hydrogen) atoms. The van der Waals surface area contributed by atoms with Crippen LogP contribution in [0.2, 0.25) is 6.55 Å². The van der Waals surface area contributed by atoms with Gasteiger partial charge in [0, 0.05) is 18.6 Å². The summed E-state index contributed by atoms with van der Waals surface area (Å²) < 4.78 is 28.4. The first kappa shape index (κ1) is 17.1. The Kier molecular flexibility index (Phi) is 5.11. The summed E-state index contributed by atoms with van der Waals surface area (Å²) in [5.74, 6) is -0.503. The monoisotopic (exact) mass is 330 g/mol. The highest BCUT2D eigenvalue weighted by molar-refractivity contribution is 7.00. The van der Waals surface area contributed by atoms with E-state index in [1.54, 1.807) is 6.20 Å². The first-order valence-electron chi connectivity index (χ1n) is 7.07. The van der Waals surface area contributed by atoms with E-state index in [9.17, 15) is 8.78 Å². The van der Waals surface area contributed by atoms with Gasteiger partial charge in [-0.2, -0.15) is 5.10 Å². The zero-order chi connectivity index (χ0) is 15.6. The lowest BCUT2D eigenvalue weighted by Crippen LogP contribution is -2.59. The smallest absolute Gasteiger partial charge is 0.137 e. The summed E-state index contributed by atoms with van der Waals surface area (Å²) in [6.45, 7) is 2.19. The lowest BCUT2D eigenvalue weighted by atomic mass is 10.3.